The fourth-order valence-corrected chi connectivity index (χ4v) is 2.64. The van der Waals surface area contributed by atoms with Crippen LogP contribution in [0.2, 0.25) is 0 Å². The lowest BCUT2D eigenvalue weighted by Gasteiger charge is -2.29. The summed E-state index contributed by atoms with van der Waals surface area (Å²) in [4.78, 5) is 2.38. The molecule has 1 aliphatic heterocycles. The molecule has 0 atom stereocenters. The van der Waals surface area contributed by atoms with Crippen molar-refractivity contribution in [1.82, 2.24) is 0 Å². The second kappa shape index (κ2) is 5.96. The van der Waals surface area contributed by atoms with Crippen molar-refractivity contribution >= 4 is 5.69 Å². The molecule has 2 nitrogen and oxygen atoms in total. The van der Waals surface area contributed by atoms with Crippen LogP contribution >= 0.6 is 0 Å². The quantitative estimate of drug-likeness (QED) is 0.819. The largest absolute Gasteiger partial charge is 0.381 e. The Kier molecular flexibility index (Phi) is 4.51. The van der Waals surface area contributed by atoms with Crippen LogP contribution in [0.5, 0.6) is 0 Å². The average molecular weight is 261 g/mol. The van der Waals surface area contributed by atoms with Gasteiger partial charge in [-0.25, -0.2) is 0 Å². The third kappa shape index (κ3) is 3.97. The van der Waals surface area contributed by atoms with E-state index in [-0.39, 0.29) is 5.41 Å². The van der Waals surface area contributed by atoms with Gasteiger partial charge in [-0.15, -0.1) is 0 Å². The van der Waals surface area contributed by atoms with Crippen LogP contribution in [0.1, 0.15) is 39.2 Å². The van der Waals surface area contributed by atoms with Crippen LogP contribution in [0.3, 0.4) is 0 Å². The summed E-state index contributed by atoms with van der Waals surface area (Å²) in [5.74, 6) is 0.779. The zero-order valence-corrected chi connectivity index (χ0v) is 12.8. The summed E-state index contributed by atoms with van der Waals surface area (Å²) >= 11 is 0. The van der Waals surface area contributed by atoms with Gasteiger partial charge in [0.15, 0.2) is 0 Å². The summed E-state index contributed by atoms with van der Waals surface area (Å²) in [6.45, 7) is 9.77. The number of benzene rings is 1. The van der Waals surface area contributed by atoms with Crippen LogP contribution in [-0.4, -0.2) is 26.8 Å². The third-order valence-corrected chi connectivity index (χ3v) is 4.05. The first-order chi connectivity index (χ1) is 8.97. The topological polar surface area (TPSA) is 12.5 Å². The number of ether oxygens (including phenoxy) is 1. The molecular weight excluding hydrogens is 234 g/mol. The minimum Gasteiger partial charge on any atom is -0.381 e. The minimum absolute atomic E-state index is 0.234. The highest BCUT2D eigenvalue weighted by molar-refractivity contribution is 5.47. The van der Waals surface area contributed by atoms with Gasteiger partial charge in [0.25, 0.3) is 0 Å². The molecule has 0 N–H and O–H groups in total. The molecule has 19 heavy (non-hydrogen) atoms. The molecule has 2 heteroatoms. The van der Waals surface area contributed by atoms with Gasteiger partial charge in [-0.05, 0) is 41.9 Å². The lowest BCUT2D eigenvalue weighted by molar-refractivity contribution is 0.0685. The summed E-state index contributed by atoms with van der Waals surface area (Å²) in [6.07, 6.45) is 2.40. The van der Waals surface area contributed by atoms with E-state index in [1.807, 2.05) is 0 Å². The Labute approximate surface area is 117 Å². The van der Waals surface area contributed by atoms with Gasteiger partial charge in [0.05, 0.1) is 0 Å². The monoisotopic (exact) mass is 261 g/mol. The van der Waals surface area contributed by atoms with Crippen molar-refractivity contribution in [3.8, 4) is 0 Å². The first-order valence-corrected chi connectivity index (χ1v) is 7.36. The summed E-state index contributed by atoms with van der Waals surface area (Å²) in [5.41, 5.74) is 2.95. The predicted octanol–water partition coefficient (Wildman–Crippen LogP) is 3.85. The maximum atomic E-state index is 5.42. The van der Waals surface area contributed by atoms with Crippen molar-refractivity contribution in [2.24, 2.45) is 5.92 Å². The van der Waals surface area contributed by atoms with Crippen molar-refractivity contribution in [2.45, 2.75) is 39.0 Å². The Balaban J connectivity index is 1.97. The van der Waals surface area contributed by atoms with Crippen LogP contribution in [0.25, 0.3) is 0 Å². The van der Waals surface area contributed by atoms with Crippen LogP contribution in [0.4, 0.5) is 5.69 Å². The number of nitrogens with zero attached hydrogens (tertiary/aromatic N) is 1. The molecule has 1 aromatic carbocycles. The molecule has 0 spiro atoms. The maximum absolute atomic E-state index is 5.42. The molecule has 0 radical (unpaired) electrons. The molecule has 0 bridgehead atoms. The number of anilines is 1. The van der Waals surface area contributed by atoms with Crippen molar-refractivity contribution in [3.63, 3.8) is 0 Å². The lowest BCUT2D eigenvalue weighted by atomic mass is 9.87. The molecule has 1 aromatic rings. The molecule has 1 saturated heterocycles. The molecule has 1 fully saturated rings. The summed E-state index contributed by atoms with van der Waals surface area (Å²) < 4.78 is 5.42. The Morgan fingerprint density at radius 2 is 1.68 bits per heavy atom. The zero-order valence-electron chi connectivity index (χ0n) is 12.8. The Morgan fingerprint density at radius 1 is 1.11 bits per heavy atom. The van der Waals surface area contributed by atoms with Crippen molar-refractivity contribution in [3.05, 3.63) is 29.8 Å². The summed E-state index contributed by atoms with van der Waals surface area (Å²) in [7, 11) is 2.20. The molecule has 0 aliphatic carbocycles. The second-order valence-corrected chi connectivity index (χ2v) is 6.73. The van der Waals surface area contributed by atoms with E-state index in [0.717, 1.165) is 25.7 Å². The van der Waals surface area contributed by atoms with Crippen LogP contribution in [0.15, 0.2) is 24.3 Å². The van der Waals surface area contributed by atoms with Crippen LogP contribution in [0, 0.1) is 5.92 Å². The molecule has 0 saturated carbocycles. The van der Waals surface area contributed by atoms with E-state index in [1.54, 1.807) is 0 Å². The highest BCUT2D eigenvalue weighted by Gasteiger charge is 2.17. The number of rotatable bonds is 3. The molecule has 0 amide bonds. The fourth-order valence-electron chi connectivity index (χ4n) is 2.64. The Bertz CT molecular complexity index is 385. The minimum atomic E-state index is 0.234. The van der Waals surface area contributed by atoms with Crippen molar-refractivity contribution < 1.29 is 4.74 Å². The van der Waals surface area contributed by atoms with Crippen molar-refractivity contribution in [1.29, 1.82) is 0 Å². The molecule has 106 valence electrons. The Hall–Kier alpha value is -1.02. The van der Waals surface area contributed by atoms with Gasteiger partial charge in [0.2, 0.25) is 0 Å². The van der Waals surface area contributed by atoms with Gasteiger partial charge in [-0.2, -0.15) is 0 Å². The normalized spacial score (nSPS) is 17.5. The maximum Gasteiger partial charge on any atom is 0.0469 e. The third-order valence-electron chi connectivity index (χ3n) is 4.05. The summed E-state index contributed by atoms with van der Waals surface area (Å²) in [5, 5.41) is 0. The molecule has 2 rings (SSSR count). The SMILES string of the molecule is CN(CC1CCOCC1)c1ccc(C(C)(C)C)cc1. The number of hydrogen-bond acceptors (Lipinski definition) is 2. The van der Waals surface area contributed by atoms with E-state index in [2.05, 4.69) is 57.0 Å². The van der Waals surface area contributed by atoms with Gasteiger partial charge in [-0.3, -0.25) is 0 Å². The van der Waals surface area contributed by atoms with Gasteiger partial charge < -0.3 is 9.64 Å². The number of hydrogen-bond donors (Lipinski definition) is 0. The first-order valence-electron chi connectivity index (χ1n) is 7.36. The standard InChI is InChI=1S/C17H27NO/c1-17(2,3)15-5-7-16(8-6-15)18(4)13-14-9-11-19-12-10-14/h5-8,14H,9-13H2,1-4H3. The molecule has 0 aromatic heterocycles. The molecule has 0 unspecified atom stereocenters. The first kappa shape index (κ1) is 14.4. The second-order valence-electron chi connectivity index (χ2n) is 6.73. The molecule has 1 heterocycles. The van der Waals surface area contributed by atoms with Gasteiger partial charge in [-0.1, -0.05) is 32.9 Å². The van der Waals surface area contributed by atoms with E-state index in [9.17, 15) is 0 Å². The summed E-state index contributed by atoms with van der Waals surface area (Å²) in [6, 6.07) is 9.02. The smallest absolute Gasteiger partial charge is 0.0469 e. The van der Waals surface area contributed by atoms with E-state index in [4.69, 9.17) is 4.74 Å². The molecule has 1 aliphatic rings. The lowest BCUT2D eigenvalue weighted by Crippen LogP contribution is -2.29. The van der Waals surface area contributed by atoms with E-state index in [0.29, 0.717) is 0 Å². The van der Waals surface area contributed by atoms with Crippen LogP contribution in [-0.2, 0) is 10.2 Å². The fraction of sp³-hybridized carbons (Fsp3) is 0.647. The highest BCUT2D eigenvalue weighted by Crippen LogP contribution is 2.25. The predicted molar refractivity (Wildman–Crippen MR) is 82.0 cm³/mol. The van der Waals surface area contributed by atoms with Gasteiger partial charge in [0.1, 0.15) is 0 Å². The van der Waals surface area contributed by atoms with Gasteiger partial charge in [0, 0.05) is 32.5 Å². The zero-order chi connectivity index (χ0) is 13.9. The van der Waals surface area contributed by atoms with Crippen LogP contribution < -0.4 is 4.90 Å². The molecular formula is C17H27NO. The average Bonchev–Trinajstić information content (AvgIpc) is 2.39. The highest BCUT2D eigenvalue weighted by atomic mass is 16.5. The van der Waals surface area contributed by atoms with Crippen molar-refractivity contribution in [2.75, 3.05) is 31.7 Å². The van der Waals surface area contributed by atoms with Gasteiger partial charge >= 0.3 is 0 Å². The Morgan fingerprint density at radius 3 is 2.21 bits per heavy atom. The van der Waals surface area contributed by atoms with E-state index >= 15 is 0 Å². The van der Waals surface area contributed by atoms with E-state index in [1.165, 1.54) is 24.1 Å². The van der Waals surface area contributed by atoms with E-state index < -0.39 is 0 Å².